The zero-order chi connectivity index (χ0) is 17.1. The standard InChI is InChI=1S/C20H21N5/c21-12-16-9-10-25-19(11-16)17(14-23-25)18-7-4-8-20(24-18)22-13-15-5-2-1-3-6-15/h4,7-11,14-15H,1-3,5-6,13H2,(H,22,24). The first-order valence-electron chi connectivity index (χ1n) is 8.92. The summed E-state index contributed by atoms with van der Waals surface area (Å²) < 4.78 is 1.78. The monoisotopic (exact) mass is 331 g/mol. The minimum Gasteiger partial charge on any atom is -0.370 e. The van der Waals surface area contributed by atoms with E-state index in [-0.39, 0.29) is 0 Å². The van der Waals surface area contributed by atoms with Crippen LogP contribution in [0.1, 0.15) is 37.7 Å². The fraction of sp³-hybridized carbons (Fsp3) is 0.350. The molecule has 0 radical (unpaired) electrons. The molecular formula is C20H21N5. The van der Waals surface area contributed by atoms with Gasteiger partial charge in [0, 0.05) is 18.3 Å². The van der Waals surface area contributed by atoms with Crippen LogP contribution in [0.15, 0.2) is 42.7 Å². The van der Waals surface area contributed by atoms with Crippen LogP contribution in [0, 0.1) is 17.2 Å². The smallest absolute Gasteiger partial charge is 0.126 e. The third kappa shape index (κ3) is 3.34. The van der Waals surface area contributed by atoms with Crippen LogP contribution in [-0.2, 0) is 0 Å². The van der Waals surface area contributed by atoms with E-state index in [1.807, 2.05) is 36.7 Å². The number of nitrogens with one attached hydrogen (secondary N) is 1. The number of rotatable bonds is 4. The van der Waals surface area contributed by atoms with Crippen LogP contribution < -0.4 is 5.32 Å². The molecule has 126 valence electrons. The fourth-order valence-electron chi connectivity index (χ4n) is 3.57. The molecule has 0 aliphatic heterocycles. The maximum Gasteiger partial charge on any atom is 0.126 e. The maximum atomic E-state index is 9.13. The zero-order valence-corrected chi connectivity index (χ0v) is 14.2. The van der Waals surface area contributed by atoms with E-state index in [9.17, 15) is 0 Å². The van der Waals surface area contributed by atoms with Crippen LogP contribution in [0.25, 0.3) is 16.8 Å². The summed E-state index contributed by atoms with van der Waals surface area (Å²) in [5.41, 5.74) is 3.34. The van der Waals surface area contributed by atoms with Crippen LogP contribution >= 0.6 is 0 Å². The summed E-state index contributed by atoms with van der Waals surface area (Å²) in [4.78, 5) is 4.76. The number of anilines is 1. The van der Waals surface area contributed by atoms with E-state index < -0.39 is 0 Å². The van der Waals surface area contributed by atoms with Crippen LogP contribution in [0.2, 0.25) is 0 Å². The second kappa shape index (κ2) is 6.94. The van der Waals surface area contributed by atoms with E-state index in [2.05, 4.69) is 16.5 Å². The molecule has 0 atom stereocenters. The molecular weight excluding hydrogens is 310 g/mol. The Morgan fingerprint density at radius 2 is 2.08 bits per heavy atom. The molecule has 3 aromatic heterocycles. The second-order valence-electron chi connectivity index (χ2n) is 6.71. The van der Waals surface area contributed by atoms with Crippen molar-refractivity contribution < 1.29 is 0 Å². The molecule has 0 bridgehead atoms. The predicted octanol–water partition coefficient (Wildman–Crippen LogP) is 4.26. The van der Waals surface area contributed by atoms with Crippen LogP contribution in [0.3, 0.4) is 0 Å². The van der Waals surface area contributed by atoms with Gasteiger partial charge in [-0.2, -0.15) is 10.4 Å². The van der Waals surface area contributed by atoms with Crippen LogP contribution in [0.4, 0.5) is 5.82 Å². The van der Waals surface area contributed by atoms with E-state index in [0.717, 1.165) is 35.1 Å². The Balaban J connectivity index is 1.58. The summed E-state index contributed by atoms with van der Waals surface area (Å²) in [5, 5.41) is 17.0. The summed E-state index contributed by atoms with van der Waals surface area (Å²) in [5.74, 6) is 1.66. The molecule has 0 unspecified atom stereocenters. The van der Waals surface area contributed by atoms with Crippen LogP contribution in [-0.4, -0.2) is 21.1 Å². The van der Waals surface area contributed by atoms with Gasteiger partial charge in [0.25, 0.3) is 0 Å². The highest BCUT2D eigenvalue weighted by atomic mass is 15.2. The Hall–Kier alpha value is -2.87. The minimum absolute atomic E-state index is 0.626. The summed E-state index contributed by atoms with van der Waals surface area (Å²) in [6.07, 6.45) is 10.3. The highest BCUT2D eigenvalue weighted by Gasteiger charge is 2.14. The first-order valence-corrected chi connectivity index (χ1v) is 8.92. The SMILES string of the molecule is N#Cc1ccn2ncc(-c3cccc(NCC4CCCCC4)n3)c2c1. The van der Waals surface area contributed by atoms with E-state index in [4.69, 9.17) is 10.2 Å². The van der Waals surface area contributed by atoms with Crippen molar-refractivity contribution in [3.63, 3.8) is 0 Å². The molecule has 1 aliphatic carbocycles. The van der Waals surface area contributed by atoms with E-state index in [0.29, 0.717) is 5.56 Å². The van der Waals surface area contributed by atoms with Crippen molar-refractivity contribution in [2.45, 2.75) is 32.1 Å². The Bertz CT molecular complexity index is 915. The van der Waals surface area contributed by atoms with Gasteiger partial charge >= 0.3 is 0 Å². The van der Waals surface area contributed by atoms with Gasteiger partial charge in [-0.05, 0) is 43.0 Å². The molecule has 0 amide bonds. The molecule has 0 saturated heterocycles. The van der Waals surface area contributed by atoms with Gasteiger partial charge in [-0.25, -0.2) is 9.50 Å². The lowest BCUT2D eigenvalue weighted by Crippen LogP contribution is -2.17. The molecule has 0 aromatic carbocycles. The summed E-state index contributed by atoms with van der Waals surface area (Å²) in [6, 6.07) is 11.8. The molecule has 3 heterocycles. The lowest BCUT2D eigenvalue weighted by molar-refractivity contribution is 0.373. The molecule has 4 rings (SSSR count). The van der Waals surface area contributed by atoms with Crippen molar-refractivity contribution >= 4 is 11.3 Å². The van der Waals surface area contributed by atoms with Gasteiger partial charge in [-0.1, -0.05) is 25.3 Å². The van der Waals surface area contributed by atoms with E-state index >= 15 is 0 Å². The summed E-state index contributed by atoms with van der Waals surface area (Å²) >= 11 is 0. The molecule has 5 heteroatoms. The molecule has 1 N–H and O–H groups in total. The van der Waals surface area contributed by atoms with Gasteiger partial charge in [0.2, 0.25) is 0 Å². The molecule has 5 nitrogen and oxygen atoms in total. The molecule has 0 spiro atoms. The van der Waals surface area contributed by atoms with Crippen molar-refractivity contribution in [1.29, 1.82) is 5.26 Å². The highest BCUT2D eigenvalue weighted by molar-refractivity contribution is 5.79. The predicted molar refractivity (Wildman–Crippen MR) is 98.2 cm³/mol. The highest BCUT2D eigenvalue weighted by Crippen LogP contribution is 2.26. The van der Waals surface area contributed by atoms with Gasteiger partial charge in [0.15, 0.2) is 0 Å². The molecule has 1 aliphatic rings. The summed E-state index contributed by atoms with van der Waals surface area (Å²) in [6.45, 7) is 0.990. The third-order valence-corrected chi connectivity index (χ3v) is 4.97. The number of pyridine rings is 2. The van der Waals surface area contributed by atoms with Crippen molar-refractivity contribution in [2.24, 2.45) is 5.92 Å². The Morgan fingerprint density at radius 1 is 1.20 bits per heavy atom. The number of nitrogens with zero attached hydrogens (tertiary/aromatic N) is 4. The second-order valence-corrected chi connectivity index (χ2v) is 6.71. The number of fused-ring (bicyclic) bond motifs is 1. The first kappa shape index (κ1) is 15.6. The lowest BCUT2D eigenvalue weighted by Gasteiger charge is -2.22. The first-order chi connectivity index (χ1) is 12.3. The number of hydrogen-bond donors (Lipinski definition) is 1. The molecule has 1 saturated carbocycles. The van der Waals surface area contributed by atoms with Gasteiger partial charge in [-0.3, -0.25) is 0 Å². The minimum atomic E-state index is 0.626. The van der Waals surface area contributed by atoms with E-state index in [1.54, 1.807) is 10.6 Å². The quantitative estimate of drug-likeness (QED) is 0.775. The number of aromatic nitrogens is 3. The third-order valence-electron chi connectivity index (χ3n) is 4.97. The lowest BCUT2D eigenvalue weighted by atomic mass is 9.89. The van der Waals surface area contributed by atoms with Gasteiger partial charge in [0.1, 0.15) is 5.82 Å². The average Bonchev–Trinajstić information content (AvgIpc) is 3.10. The molecule has 3 aromatic rings. The average molecular weight is 331 g/mol. The maximum absolute atomic E-state index is 9.13. The number of nitriles is 1. The van der Waals surface area contributed by atoms with Gasteiger partial charge in [-0.15, -0.1) is 0 Å². The molecule has 1 fully saturated rings. The molecule has 25 heavy (non-hydrogen) atoms. The van der Waals surface area contributed by atoms with Crippen molar-refractivity contribution in [2.75, 3.05) is 11.9 Å². The van der Waals surface area contributed by atoms with Gasteiger partial charge in [0.05, 0.1) is 29.0 Å². The number of hydrogen-bond acceptors (Lipinski definition) is 4. The Labute approximate surface area is 147 Å². The summed E-state index contributed by atoms with van der Waals surface area (Å²) in [7, 11) is 0. The van der Waals surface area contributed by atoms with E-state index in [1.165, 1.54) is 32.1 Å². The van der Waals surface area contributed by atoms with Crippen molar-refractivity contribution in [3.05, 3.63) is 48.3 Å². The normalized spacial score (nSPS) is 15.2. The van der Waals surface area contributed by atoms with Crippen LogP contribution in [0.5, 0.6) is 0 Å². The van der Waals surface area contributed by atoms with Gasteiger partial charge < -0.3 is 5.32 Å². The largest absolute Gasteiger partial charge is 0.370 e. The van der Waals surface area contributed by atoms with Crippen molar-refractivity contribution in [3.8, 4) is 17.3 Å². The topological polar surface area (TPSA) is 66.0 Å². The Kier molecular flexibility index (Phi) is 4.34. The van der Waals surface area contributed by atoms with Crippen molar-refractivity contribution in [1.82, 2.24) is 14.6 Å². The zero-order valence-electron chi connectivity index (χ0n) is 14.2. The Morgan fingerprint density at radius 3 is 2.92 bits per heavy atom. The fourth-order valence-corrected chi connectivity index (χ4v) is 3.57.